The molecule has 3 rings (SSSR count). The summed E-state index contributed by atoms with van der Waals surface area (Å²) in [6, 6.07) is 4.51. The van der Waals surface area contributed by atoms with E-state index in [-0.39, 0.29) is 0 Å². The Bertz CT molecular complexity index is 546. The van der Waals surface area contributed by atoms with E-state index in [0.29, 0.717) is 24.3 Å². The number of rotatable bonds is 4. The number of hydrogen-bond donors (Lipinski definition) is 1. The lowest BCUT2D eigenvalue weighted by Crippen LogP contribution is -2.25. The van der Waals surface area contributed by atoms with Gasteiger partial charge in [-0.1, -0.05) is 18.0 Å². The van der Waals surface area contributed by atoms with Crippen molar-refractivity contribution >= 4 is 0 Å². The zero-order valence-corrected chi connectivity index (χ0v) is 11.1. The largest absolute Gasteiger partial charge is 0.337 e. The van der Waals surface area contributed by atoms with E-state index in [0.717, 1.165) is 11.3 Å². The summed E-state index contributed by atoms with van der Waals surface area (Å²) in [7, 11) is 0. The summed E-state index contributed by atoms with van der Waals surface area (Å²) in [5.74, 6) is 1.19. The van der Waals surface area contributed by atoms with E-state index in [4.69, 9.17) is 4.52 Å². The summed E-state index contributed by atoms with van der Waals surface area (Å²) in [5.41, 5.74) is 1.90. The molecule has 1 saturated carbocycles. The van der Waals surface area contributed by atoms with Crippen LogP contribution in [0.4, 0.5) is 0 Å². The van der Waals surface area contributed by atoms with Gasteiger partial charge in [-0.25, -0.2) is 0 Å². The molecular weight excluding hydrogens is 240 g/mol. The SMILES string of the molecule is Cc1ccnc(-c2noc(CNC3CCCC3)n2)c1. The maximum absolute atomic E-state index is 5.26. The van der Waals surface area contributed by atoms with Gasteiger partial charge in [-0.15, -0.1) is 0 Å². The average Bonchev–Trinajstić information content (AvgIpc) is 3.08. The Kier molecular flexibility index (Phi) is 3.55. The second-order valence-electron chi connectivity index (χ2n) is 5.09. The van der Waals surface area contributed by atoms with Crippen molar-refractivity contribution in [3.05, 3.63) is 29.8 Å². The highest BCUT2D eigenvalue weighted by atomic mass is 16.5. The second-order valence-corrected chi connectivity index (χ2v) is 5.09. The van der Waals surface area contributed by atoms with Crippen molar-refractivity contribution in [1.29, 1.82) is 0 Å². The predicted octanol–water partition coefficient (Wildman–Crippen LogP) is 2.47. The monoisotopic (exact) mass is 258 g/mol. The van der Waals surface area contributed by atoms with Crippen LogP contribution in [0.1, 0.15) is 37.1 Å². The number of nitrogens with zero attached hydrogens (tertiary/aromatic N) is 3. The lowest BCUT2D eigenvalue weighted by Gasteiger charge is -2.08. The molecule has 1 aliphatic rings. The molecule has 1 fully saturated rings. The summed E-state index contributed by atoms with van der Waals surface area (Å²) >= 11 is 0. The molecule has 0 bridgehead atoms. The lowest BCUT2D eigenvalue weighted by molar-refractivity contribution is 0.357. The highest BCUT2D eigenvalue weighted by Crippen LogP contribution is 2.18. The smallest absolute Gasteiger partial charge is 0.240 e. The van der Waals surface area contributed by atoms with E-state index in [2.05, 4.69) is 20.4 Å². The summed E-state index contributed by atoms with van der Waals surface area (Å²) in [6.07, 6.45) is 6.90. The first kappa shape index (κ1) is 12.3. The standard InChI is InChI=1S/C14H18N4O/c1-10-6-7-15-12(8-10)14-17-13(19-18-14)9-16-11-4-2-3-5-11/h6-8,11,16H,2-5,9H2,1H3. The Balaban J connectivity index is 1.65. The summed E-state index contributed by atoms with van der Waals surface area (Å²) in [4.78, 5) is 8.64. The average molecular weight is 258 g/mol. The molecule has 5 nitrogen and oxygen atoms in total. The second kappa shape index (κ2) is 5.48. The van der Waals surface area contributed by atoms with Crippen molar-refractivity contribution in [2.24, 2.45) is 0 Å². The van der Waals surface area contributed by atoms with Crippen LogP contribution in [-0.2, 0) is 6.54 Å². The number of nitrogens with one attached hydrogen (secondary N) is 1. The van der Waals surface area contributed by atoms with Crippen molar-refractivity contribution < 1.29 is 4.52 Å². The van der Waals surface area contributed by atoms with E-state index in [1.807, 2.05) is 19.1 Å². The van der Waals surface area contributed by atoms with E-state index in [1.165, 1.54) is 25.7 Å². The Hall–Kier alpha value is -1.75. The number of hydrogen-bond acceptors (Lipinski definition) is 5. The van der Waals surface area contributed by atoms with Crippen LogP contribution in [0.5, 0.6) is 0 Å². The van der Waals surface area contributed by atoms with Crippen LogP contribution < -0.4 is 5.32 Å². The molecule has 0 atom stereocenters. The van der Waals surface area contributed by atoms with Crippen molar-refractivity contribution in [3.63, 3.8) is 0 Å². The zero-order valence-electron chi connectivity index (χ0n) is 11.1. The molecule has 19 heavy (non-hydrogen) atoms. The topological polar surface area (TPSA) is 63.8 Å². The van der Waals surface area contributed by atoms with E-state index in [1.54, 1.807) is 6.20 Å². The van der Waals surface area contributed by atoms with Crippen LogP contribution >= 0.6 is 0 Å². The van der Waals surface area contributed by atoms with Crippen LogP contribution in [0.3, 0.4) is 0 Å². The molecule has 5 heteroatoms. The maximum Gasteiger partial charge on any atom is 0.240 e. The first-order valence-corrected chi connectivity index (χ1v) is 6.80. The minimum Gasteiger partial charge on any atom is -0.337 e. The molecule has 100 valence electrons. The first-order valence-electron chi connectivity index (χ1n) is 6.80. The third-order valence-electron chi connectivity index (χ3n) is 3.51. The van der Waals surface area contributed by atoms with Gasteiger partial charge >= 0.3 is 0 Å². The zero-order chi connectivity index (χ0) is 13.1. The van der Waals surface area contributed by atoms with Gasteiger partial charge in [-0.3, -0.25) is 4.98 Å². The van der Waals surface area contributed by atoms with Gasteiger partial charge < -0.3 is 9.84 Å². The van der Waals surface area contributed by atoms with Crippen molar-refractivity contribution in [2.45, 2.75) is 45.2 Å². The fourth-order valence-corrected chi connectivity index (χ4v) is 2.45. The van der Waals surface area contributed by atoms with Crippen molar-refractivity contribution in [1.82, 2.24) is 20.4 Å². The third kappa shape index (κ3) is 2.98. The van der Waals surface area contributed by atoms with Gasteiger partial charge in [0.05, 0.1) is 6.54 Å². The first-order chi connectivity index (χ1) is 9.31. The van der Waals surface area contributed by atoms with E-state index >= 15 is 0 Å². The third-order valence-corrected chi connectivity index (χ3v) is 3.51. The number of aromatic nitrogens is 3. The fraction of sp³-hybridized carbons (Fsp3) is 0.500. The highest BCUT2D eigenvalue weighted by molar-refractivity contribution is 5.48. The van der Waals surface area contributed by atoms with Gasteiger partial charge in [0.1, 0.15) is 5.69 Å². The summed E-state index contributed by atoms with van der Waals surface area (Å²) < 4.78 is 5.26. The van der Waals surface area contributed by atoms with Crippen LogP contribution in [0.2, 0.25) is 0 Å². The molecule has 0 spiro atoms. The van der Waals surface area contributed by atoms with Crippen LogP contribution in [0, 0.1) is 6.92 Å². The number of aryl methyl sites for hydroxylation is 1. The number of pyridine rings is 1. The van der Waals surface area contributed by atoms with Gasteiger partial charge in [0.2, 0.25) is 11.7 Å². The quantitative estimate of drug-likeness (QED) is 0.912. The minimum atomic E-state index is 0.562. The maximum atomic E-state index is 5.26. The molecule has 0 unspecified atom stereocenters. The molecule has 2 aromatic heterocycles. The van der Waals surface area contributed by atoms with Gasteiger partial charge in [-0.2, -0.15) is 4.98 Å². The minimum absolute atomic E-state index is 0.562. The predicted molar refractivity (Wildman–Crippen MR) is 71.4 cm³/mol. The molecule has 0 aliphatic heterocycles. The van der Waals surface area contributed by atoms with Crippen LogP contribution in [0.25, 0.3) is 11.5 Å². The summed E-state index contributed by atoms with van der Waals surface area (Å²) in [5, 5.41) is 7.44. The van der Waals surface area contributed by atoms with Crippen LogP contribution in [-0.4, -0.2) is 21.2 Å². The molecule has 2 heterocycles. The molecule has 2 aromatic rings. The van der Waals surface area contributed by atoms with E-state index < -0.39 is 0 Å². The highest BCUT2D eigenvalue weighted by Gasteiger charge is 2.16. The van der Waals surface area contributed by atoms with Gasteiger partial charge in [0.25, 0.3) is 0 Å². The molecule has 1 N–H and O–H groups in total. The Morgan fingerprint density at radius 3 is 3.00 bits per heavy atom. The van der Waals surface area contributed by atoms with E-state index in [9.17, 15) is 0 Å². The van der Waals surface area contributed by atoms with Gasteiger partial charge in [0.15, 0.2) is 0 Å². The van der Waals surface area contributed by atoms with Crippen molar-refractivity contribution in [2.75, 3.05) is 0 Å². The normalized spacial score (nSPS) is 16.1. The van der Waals surface area contributed by atoms with Crippen LogP contribution in [0.15, 0.2) is 22.9 Å². The molecular formula is C14H18N4O. The Morgan fingerprint density at radius 1 is 1.37 bits per heavy atom. The Labute approximate surface area is 112 Å². The molecule has 1 aliphatic carbocycles. The molecule has 0 aromatic carbocycles. The molecule has 0 saturated heterocycles. The molecule has 0 radical (unpaired) electrons. The molecule has 0 amide bonds. The lowest BCUT2D eigenvalue weighted by atomic mass is 10.2. The van der Waals surface area contributed by atoms with Gasteiger partial charge in [0, 0.05) is 12.2 Å². The van der Waals surface area contributed by atoms with Crippen molar-refractivity contribution in [3.8, 4) is 11.5 Å². The van der Waals surface area contributed by atoms with Gasteiger partial charge in [-0.05, 0) is 37.5 Å². The fourth-order valence-electron chi connectivity index (χ4n) is 2.45. The Morgan fingerprint density at radius 2 is 2.21 bits per heavy atom. The summed E-state index contributed by atoms with van der Waals surface area (Å²) in [6.45, 7) is 2.66.